The highest BCUT2D eigenvalue weighted by molar-refractivity contribution is 5.94. The minimum Gasteiger partial charge on any atom is -0.489 e. The summed E-state index contributed by atoms with van der Waals surface area (Å²) < 4.78 is 16.4. The molecule has 142 valence electrons. The third-order valence-corrected chi connectivity index (χ3v) is 5.07. The average molecular weight is 369 g/mol. The van der Waals surface area contributed by atoms with Crippen LogP contribution in [0.15, 0.2) is 24.4 Å². The number of methoxy groups -OCH3 is 1. The van der Waals surface area contributed by atoms with E-state index in [-0.39, 0.29) is 18.2 Å². The van der Waals surface area contributed by atoms with Gasteiger partial charge < -0.3 is 19.1 Å². The highest BCUT2D eigenvalue weighted by Gasteiger charge is 2.32. The zero-order chi connectivity index (χ0) is 19.0. The van der Waals surface area contributed by atoms with Crippen molar-refractivity contribution in [3.8, 4) is 11.6 Å². The summed E-state index contributed by atoms with van der Waals surface area (Å²) in [6.45, 7) is 5.55. The summed E-state index contributed by atoms with van der Waals surface area (Å²) in [5.74, 6) is 1.99. The van der Waals surface area contributed by atoms with E-state index in [9.17, 15) is 4.79 Å². The third-order valence-electron chi connectivity index (χ3n) is 5.07. The lowest BCUT2D eigenvalue weighted by Crippen LogP contribution is -2.39. The molecule has 0 aliphatic carbocycles. The molecule has 1 fully saturated rings. The fourth-order valence-corrected chi connectivity index (χ4v) is 3.63. The van der Waals surface area contributed by atoms with Crippen molar-refractivity contribution in [1.29, 1.82) is 0 Å². The summed E-state index contributed by atoms with van der Waals surface area (Å²) in [6.07, 6.45) is 3.35. The lowest BCUT2D eigenvalue weighted by Gasteiger charge is -2.34. The maximum atomic E-state index is 11.9. The van der Waals surface area contributed by atoms with Gasteiger partial charge in [-0.15, -0.1) is 0 Å². The fraction of sp³-hybridized carbons (Fsp3) is 0.450. The Morgan fingerprint density at radius 3 is 2.70 bits per heavy atom. The van der Waals surface area contributed by atoms with Crippen molar-refractivity contribution >= 4 is 11.8 Å². The Kier molecular flexibility index (Phi) is 4.59. The Morgan fingerprint density at radius 1 is 1.26 bits per heavy atom. The molecule has 0 spiro atoms. The van der Waals surface area contributed by atoms with Gasteiger partial charge in [0.2, 0.25) is 5.88 Å². The molecule has 0 aromatic carbocycles. The van der Waals surface area contributed by atoms with Crippen molar-refractivity contribution < 1.29 is 19.0 Å². The Labute approximate surface area is 158 Å². The third kappa shape index (κ3) is 3.41. The summed E-state index contributed by atoms with van der Waals surface area (Å²) >= 11 is 0. The summed E-state index contributed by atoms with van der Waals surface area (Å²) in [7, 11) is 1.59. The monoisotopic (exact) mass is 369 g/mol. The van der Waals surface area contributed by atoms with Gasteiger partial charge in [-0.1, -0.05) is 0 Å². The minimum absolute atomic E-state index is 0.148. The molecule has 0 unspecified atom stereocenters. The van der Waals surface area contributed by atoms with Gasteiger partial charge in [0.05, 0.1) is 24.6 Å². The molecule has 4 heterocycles. The summed E-state index contributed by atoms with van der Waals surface area (Å²) in [4.78, 5) is 23.1. The maximum Gasteiger partial charge on any atom is 0.340 e. The number of hydrogen-bond donors (Lipinski definition) is 0. The molecule has 2 aliphatic heterocycles. The highest BCUT2D eigenvalue weighted by atomic mass is 16.5. The van der Waals surface area contributed by atoms with E-state index < -0.39 is 0 Å². The van der Waals surface area contributed by atoms with E-state index >= 15 is 0 Å². The summed E-state index contributed by atoms with van der Waals surface area (Å²) in [5, 5.41) is 0. The Balaban J connectivity index is 1.42. The van der Waals surface area contributed by atoms with E-state index in [2.05, 4.69) is 9.88 Å². The molecule has 1 atom stereocenters. The van der Waals surface area contributed by atoms with Crippen LogP contribution in [0.1, 0.15) is 47.5 Å². The predicted molar refractivity (Wildman–Crippen MR) is 99.5 cm³/mol. The molecule has 1 saturated heterocycles. The molecule has 27 heavy (non-hydrogen) atoms. The number of ether oxygens (including phenoxy) is 3. The number of pyridine rings is 2. The molecule has 0 radical (unpaired) electrons. The fourth-order valence-electron chi connectivity index (χ4n) is 3.63. The smallest absolute Gasteiger partial charge is 0.340 e. The Morgan fingerprint density at radius 2 is 2.04 bits per heavy atom. The van der Waals surface area contributed by atoms with Crippen LogP contribution in [-0.4, -0.2) is 42.2 Å². The lowest BCUT2D eigenvalue weighted by molar-refractivity contribution is 0.0417. The molecule has 0 bridgehead atoms. The first-order chi connectivity index (χ1) is 13.0. The van der Waals surface area contributed by atoms with Crippen molar-refractivity contribution in [2.75, 3.05) is 25.1 Å². The Bertz CT molecular complexity index is 845. The quantitative estimate of drug-likeness (QED) is 0.767. The van der Waals surface area contributed by atoms with Gasteiger partial charge in [-0.25, -0.2) is 14.8 Å². The van der Waals surface area contributed by atoms with Crippen LogP contribution in [-0.2, 0) is 4.74 Å². The molecule has 0 amide bonds. The van der Waals surface area contributed by atoms with Gasteiger partial charge in [-0.2, -0.15) is 0 Å². The SMILES string of the molecule is COc1ccc(OC2CCN(c3nc4c(cc3C)C(=O)O[C@@H]4C)CC2)cn1. The topological polar surface area (TPSA) is 73.8 Å². The average Bonchev–Trinajstić information content (AvgIpc) is 2.95. The largest absolute Gasteiger partial charge is 0.489 e. The molecular weight excluding hydrogens is 346 g/mol. The van der Waals surface area contributed by atoms with Gasteiger partial charge in [-0.05, 0) is 31.5 Å². The van der Waals surface area contributed by atoms with Crippen LogP contribution in [0.25, 0.3) is 0 Å². The first kappa shape index (κ1) is 17.6. The van der Waals surface area contributed by atoms with Crippen molar-refractivity contribution in [3.05, 3.63) is 41.2 Å². The number of nitrogens with zero attached hydrogens (tertiary/aromatic N) is 3. The molecule has 4 rings (SSSR count). The molecule has 0 N–H and O–H groups in total. The van der Waals surface area contributed by atoms with E-state index in [1.54, 1.807) is 19.4 Å². The van der Waals surface area contributed by atoms with Gasteiger partial charge in [0.15, 0.2) is 0 Å². The molecule has 2 aromatic rings. The molecule has 0 saturated carbocycles. The van der Waals surface area contributed by atoms with Crippen LogP contribution < -0.4 is 14.4 Å². The van der Waals surface area contributed by atoms with Crippen LogP contribution in [0.5, 0.6) is 11.6 Å². The number of fused-ring (bicyclic) bond motifs is 1. The number of rotatable bonds is 4. The first-order valence-corrected chi connectivity index (χ1v) is 9.19. The minimum atomic E-state index is -0.282. The number of piperidine rings is 1. The second-order valence-electron chi connectivity index (χ2n) is 6.95. The van der Waals surface area contributed by atoms with Crippen LogP contribution in [0.2, 0.25) is 0 Å². The van der Waals surface area contributed by atoms with E-state index in [4.69, 9.17) is 19.2 Å². The maximum absolute atomic E-state index is 11.9. The van der Waals surface area contributed by atoms with Crippen molar-refractivity contribution in [1.82, 2.24) is 9.97 Å². The molecule has 7 heteroatoms. The van der Waals surface area contributed by atoms with Crippen LogP contribution >= 0.6 is 0 Å². The molecule has 7 nitrogen and oxygen atoms in total. The van der Waals surface area contributed by atoms with Gasteiger partial charge in [0.25, 0.3) is 0 Å². The zero-order valence-corrected chi connectivity index (χ0v) is 15.8. The van der Waals surface area contributed by atoms with E-state index in [0.717, 1.165) is 48.8 Å². The van der Waals surface area contributed by atoms with Crippen LogP contribution in [0, 0.1) is 6.92 Å². The Hall–Kier alpha value is -2.83. The summed E-state index contributed by atoms with van der Waals surface area (Å²) in [6, 6.07) is 5.57. The molecule has 2 aliphatic rings. The second kappa shape index (κ2) is 7.06. The van der Waals surface area contributed by atoms with Crippen LogP contribution in [0.4, 0.5) is 5.82 Å². The van der Waals surface area contributed by atoms with E-state index in [0.29, 0.717) is 11.4 Å². The number of carbonyl (C=O) groups excluding carboxylic acids is 1. The normalized spacial score (nSPS) is 19.6. The second-order valence-corrected chi connectivity index (χ2v) is 6.95. The van der Waals surface area contributed by atoms with Gasteiger partial charge in [0, 0.05) is 32.0 Å². The number of esters is 1. The first-order valence-electron chi connectivity index (χ1n) is 9.19. The number of aryl methyl sites for hydroxylation is 1. The number of aromatic nitrogens is 2. The van der Waals surface area contributed by atoms with Crippen LogP contribution in [0.3, 0.4) is 0 Å². The van der Waals surface area contributed by atoms with Crippen molar-refractivity contribution in [2.24, 2.45) is 0 Å². The van der Waals surface area contributed by atoms with Crippen molar-refractivity contribution in [2.45, 2.75) is 38.9 Å². The number of anilines is 1. The standard InChI is InChI=1S/C20H23N3O4/c1-12-10-16-18(13(2)26-20(16)24)22-19(12)23-8-6-14(7-9-23)27-15-4-5-17(25-3)21-11-15/h4-5,10-11,13-14H,6-9H2,1-3H3/t13-/m1/s1. The van der Waals surface area contributed by atoms with Crippen molar-refractivity contribution in [3.63, 3.8) is 0 Å². The number of hydrogen-bond acceptors (Lipinski definition) is 7. The van der Waals surface area contributed by atoms with Gasteiger partial charge in [0.1, 0.15) is 23.8 Å². The van der Waals surface area contributed by atoms with Gasteiger partial charge >= 0.3 is 5.97 Å². The van der Waals surface area contributed by atoms with E-state index in [1.165, 1.54) is 0 Å². The molecular formula is C20H23N3O4. The zero-order valence-electron chi connectivity index (χ0n) is 15.8. The summed E-state index contributed by atoms with van der Waals surface area (Å²) in [5.41, 5.74) is 2.33. The highest BCUT2D eigenvalue weighted by Crippen LogP contribution is 2.33. The lowest BCUT2D eigenvalue weighted by atomic mass is 10.1. The molecule has 2 aromatic heterocycles. The number of cyclic esters (lactones) is 1. The van der Waals surface area contributed by atoms with E-state index in [1.807, 2.05) is 26.0 Å². The number of carbonyl (C=O) groups is 1. The predicted octanol–water partition coefficient (Wildman–Crippen LogP) is 3.07. The van der Waals surface area contributed by atoms with Gasteiger partial charge in [-0.3, -0.25) is 0 Å².